The van der Waals surface area contributed by atoms with Gasteiger partial charge in [0, 0.05) is 25.0 Å². The minimum Gasteiger partial charge on any atom is -0.490 e. The van der Waals surface area contributed by atoms with Crippen LogP contribution >= 0.6 is 0 Å². The topological polar surface area (TPSA) is 38.8 Å². The van der Waals surface area contributed by atoms with Gasteiger partial charge in [0.2, 0.25) is 0 Å². The van der Waals surface area contributed by atoms with Crippen molar-refractivity contribution >= 4 is 16.7 Å². The van der Waals surface area contributed by atoms with E-state index in [4.69, 9.17) is 9.47 Å². The Labute approximate surface area is 180 Å². The Hall–Kier alpha value is -2.07. The molecule has 2 aliphatic rings. The fourth-order valence-corrected chi connectivity index (χ4v) is 5.00. The number of carbonyl (C=O) groups is 1. The van der Waals surface area contributed by atoms with E-state index in [9.17, 15) is 4.79 Å². The first-order chi connectivity index (χ1) is 14.3. The largest absolute Gasteiger partial charge is 0.490 e. The van der Waals surface area contributed by atoms with E-state index in [1.165, 1.54) is 36.3 Å². The molecule has 0 unspecified atom stereocenters. The number of hydrogen-bond acceptors (Lipinski definition) is 4. The number of esters is 1. The molecule has 0 spiro atoms. The van der Waals surface area contributed by atoms with Crippen LogP contribution in [0.2, 0.25) is 0 Å². The maximum Gasteiger partial charge on any atom is 0.311 e. The zero-order valence-electron chi connectivity index (χ0n) is 18.8. The molecule has 1 saturated carbocycles. The highest BCUT2D eigenvalue weighted by atomic mass is 16.5. The quantitative estimate of drug-likeness (QED) is 0.618. The Kier molecular flexibility index (Phi) is 6.06. The number of ether oxygens (including phenoxy) is 2. The molecule has 4 heteroatoms. The first kappa shape index (κ1) is 21.2. The SMILES string of the molecule is COC(=O)C1CN(Cc2ccc3c(OC4CCC(C(C)(C)C)CC4)cccc3c2)C1. The normalized spacial score (nSPS) is 23.2. The zero-order valence-corrected chi connectivity index (χ0v) is 18.8. The van der Waals surface area contributed by atoms with Gasteiger partial charge in [0.15, 0.2) is 0 Å². The van der Waals surface area contributed by atoms with Gasteiger partial charge >= 0.3 is 5.97 Å². The first-order valence-corrected chi connectivity index (χ1v) is 11.3. The Morgan fingerprint density at radius 3 is 2.47 bits per heavy atom. The Balaban J connectivity index is 1.38. The Bertz CT molecular complexity index is 887. The van der Waals surface area contributed by atoms with Crippen LogP contribution in [0.5, 0.6) is 5.75 Å². The number of fused-ring (bicyclic) bond motifs is 1. The Morgan fingerprint density at radius 1 is 1.07 bits per heavy atom. The van der Waals surface area contributed by atoms with Gasteiger partial charge in [0.1, 0.15) is 5.75 Å². The fourth-order valence-electron chi connectivity index (χ4n) is 5.00. The molecule has 2 aromatic carbocycles. The molecular formula is C26H35NO3. The van der Waals surface area contributed by atoms with Crippen LogP contribution in [0.3, 0.4) is 0 Å². The van der Waals surface area contributed by atoms with Crippen molar-refractivity contribution in [3.8, 4) is 5.75 Å². The summed E-state index contributed by atoms with van der Waals surface area (Å²) < 4.78 is 11.3. The number of carbonyl (C=O) groups excluding carboxylic acids is 1. The molecule has 0 radical (unpaired) electrons. The minimum absolute atomic E-state index is 0.0313. The van der Waals surface area contributed by atoms with Crippen molar-refractivity contribution in [1.29, 1.82) is 0 Å². The average molecular weight is 410 g/mol. The molecule has 0 N–H and O–H groups in total. The van der Waals surface area contributed by atoms with Gasteiger partial charge < -0.3 is 9.47 Å². The van der Waals surface area contributed by atoms with Crippen molar-refractivity contribution in [3.63, 3.8) is 0 Å². The van der Waals surface area contributed by atoms with Gasteiger partial charge in [-0.15, -0.1) is 0 Å². The highest BCUT2D eigenvalue weighted by molar-refractivity contribution is 5.88. The van der Waals surface area contributed by atoms with E-state index in [0.717, 1.165) is 44.1 Å². The molecule has 1 aliphatic heterocycles. The van der Waals surface area contributed by atoms with Crippen molar-refractivity contribution in [1.82, 2.24) is 4.90 Å². The van der Waals surface area contributed by atoms with Gasteiger partial charge in [-0.05, 0) is 60.1 Å². The summed E-state index contributed by atoms with van der Waals surface area (Å²) in [6.07, 6.45) is 5.13. The molecule has 30 heavy (non-hydrogen) atoms. The molecule has 4 nitrogen and oxygen atoms in total. The summed E-state index contributed by atoms with van der Waals surface area (Å²) in [6.45, 7) is 9.51. The molecule has 0 bridgehead atoms. The molecule has 2 fully saturated rings. The van der Waals surface area contributed by atoms with Gasteiger partial charge in [0.05, 0.1) is 19.1 Å². The summed E-state index contributed by atoms with van der Waals surface area (Å²) in [5.41, 5.74) is 1.67. The van der Waals surface area contributed by atoms with Crippen LogP contribution in [0.4, 0.5) is 0 Å². The van der Waals surface area contributed by atoms with Crippen LogP contribution < -0.4 is 4.74 Å². The van der Waals surface area contributed by atoms with Crippen LogP contribution in [0.25, 0.3) is 10.8 Å². The van der Waals surface area contributed by atoms with Gasteiger partial charge in [-0.25, -0.2) is 0 Å². The van der Waals surface area contributed by atoms with E-state index >= 15 is 0 Å². The van der Waals surface area contributed by atoms with Crippen LogP contribution in [-0.4, -0.2) is 37.2 Å². The number of hydrogen-bond donors (Lipinski definition) is 0. The zero-order chi connectivity index (χ0) is 21.3. The van der Waals surface area contributed by atoms with Crippen molar-refractivity contribution in [2.45, 2.75) is 59.1 Å². The molecule has 2 aromatic rings. The monoisotopic (exact) mass is 409 g/mol. The number of rotatable bonds is 5. The molecule has 0 amide bonds. The predicted octanol–water partition coefficient (Wildman–Crippen LogP) is 5.43. The lowest BCUT2D eigenvalue weighted by atomic mass is 9.72. The summed E-state index contributed by atoms with van der Waals surface area (Å²) in [6, 6.07) is 13.0. The minimum atomic E-state index is -0.0944. The number of benzene rings is 2. The molecule has 0 aromatic heterocycles. The lowest BCUT2D eigenvalue weighted by Crippen LogP contribution is -2.49. The average Bonchev–Trinajstić information content (AvgIpc) is 2.69. The van der Waals surface area contributed by atoms with Crippen LogP contribution in [0, 0.1) is 17.3 Å². The fraction of sp³-hybridized carbons (Fsp3) is 0.577. The van der Waals surface area contributed by atoms with E-state index in [1.54, 1.807) is 0 Å². The molecule has 1 aliphatic carbocycles. The predicted molar refractivity (Wildman–Crippen MR) is 121 cm³/mol. The van der Waals surface area contributed by atoms with E-state index in [-0.39, 0.29) is 11.9 Å². The number of nitrogens with zero attached hydrogens (tertiary/aromatic N) is 1. The lowest BCUT2D eigenvalue weighted by molar-refractivity contribution is -0.151. The van der Waals surface area contributed by atoms with E-state index in [0.29, 0.717) is 11.5 Å². The molecule has 1 saturated heterocycles. The lowest BCUT2D eigenvalue weighted by Gasteiger charge is -2.37. The molecular weight excluding hydrogens is 374 g/mol. The maximum absolute atomic E-state index is 11.6. The van der Waals surface area contributed by atoms with Gasteiger partial charge in [-0.1, -0.05) is 45.0 Å². The highest BCUT2D eigenvalue weighted by Gasteiger charge is 2.33. The first-order valence-electron chi connectivity index (χ1n) is 11.3. The van der Waals surface area contributed by atoms with Crippen molar-refractivity contribution in [3.05, 3.63) is 42.0 Å². The van der Waals surface area contributed by atoms with Gasteiger partial charge in [0.25, 0.3) is 0 Å². The van der Waals surface area contributed by atoms with E-state index < -0.39 is 0 Å². The second-order valence-electron chi connectivity index (χ2n) is 10.2. The van der Waals surface area contributed by atoms with Crippen molar-refractivity contribution in [2.24, 2.45) is 17.3 Å². The number of methoxy groups -OCH3 is 1. The van der Waals surface area contributed by atoms with Crippen LogP contribution in [0.15, 0.2) is 36.4 Å². The number of likely N-dealkylation sites (tertiary alicyclic amines) is 1. The maximum atomic E-state index is 11.6. The van der Waals surface area contributed by atoms with Crippen LogP contribution in [-0.2, 0) is 16.1 Å². The summed E-state index contributed by atoms with van der Waals surface area (Å²) >= 11 is 0. The van der Waals surface area contributed by atoms with Gasteiger partial charge in [-0.3, -0.25) is 9.69 Å². The summed E-state index contributed by atoms with van der Waals surface area (Å²) in [5, 5.41) is 2.41. The highest BCUT2D eigenvalue weighted by Crippen LogP contribution is 2.39. The molecule has 162 valence electrons. The summed E-state index contributed by atoms with van der Waals surface area (Å²) in [7, 11) is 1.46. The second-order valence-corrected chi connectivity index (χ2v) is 10.2. The third-order valence-electron chi connectivity index (χ3n) is 7.00. The Morgan fingerprint density at radius 2 is 1.80 bits per heavy atom. The van der Waals surface area contributed by atoms with E-state index in [2.05, 4.69) is 62.1 Å². The standard InChI is InChI=1S/C26H35NO3/c1-26(2,3)21-9-11-22(12-10-21)30-24-7-5-6-19-14-18(8-13-23(19)24)15-27-16-20(17-27)25(28)29-4/h5-8,13-14,20-22H,9-12,15-17H2,1-4H3. The molecule has 1 heterocycles. The third kappa shape index (κ3) is 4.64. The van der Waals surface area contributed by atoms with Crippen LogP contribution in [0.1, 0.15) is 52.0 Å². The molecule has 0 atom stereocenters. The van der Waals surface area contributed by atoms with Crippen molar-refractivity contribution < 1.29 is 14.3 Å². The second kappa shape index (κ2) is 8.58. The van der Waals surface area contributed by atoms with Gasteiger partial charge in [-0.2, -0.15) is 0 Å². The summed E-state index contributed by atoms with van der Waals surface area (Å²) in [4.78, 5) is 13.9. The third-order valence-corrected chi connectivity index (χ3v) is 7.00. The smallest absolute Gasteiger partial charge is 0.311 e. The molecule has 4 rings (SSSR count). The summed E-state index contributed by atoms with van der Waals surface area (Å²) in [5.74, 6) is 1.74. The van der Waals surface area contributed by atoms with E-state index in [1.807, 2.05) is 0 Å². The van der Waals surface area contributed by atoms with Crippen molar-refractivity contribution in [2.75, 3.05) is 20.2 Å².